The summed E-state index contributed by atoms with van der Waals surface area (Å²) in [5, 5.41) is 15.5. The quantitative estimate of drug-likeness (QED) is 0.367. The highest BCUT2D eigenvalue weighted by Crippen LogP contribution is 2.32. The van der Waals surface area contributed by atoms with E-state index >= 15 is 0 Å². The van der Waals surface area contributed by atoms with E-state index in [4.69, 9.17) is 14.5 Å². The Morgan fingerprint density at radius 3 is 2.57 bits per heavy atom. The van der Waals surface area contributed by atoms with Gasteiger partial charge in [0.2, 0.25) is 0 Å². The number of carbonyl (C=O) groups is 1. The Labute approximate surface area is 171 Å². The Kier molecular flexibility index (Phi) is 4.35. The van der Waals surface area contributed by atoms with E-state index in [0.717, 1.165) is 12.8 Å². The molecule has 2 bridgehead atoms. The molecule has 10 heteroatoms. The predicted molar refractivity (Wildman–Crippen MR) is 107 cm³/mol. The number of non-ortho nitro benzene ring substituents is 1. The third kappa shape index (κ3) is 3.14. The summed E-state index contributed by atoms with van der Waals surface area (Å²) >= 11 is 0. The number of nitrogens with zero attached hydrogens (tertiary/aromatic N) is 5. The topological polar surface area (TPSA) is 112 Å². The molecule has 0 N–H and O–H groups in total. The number of hydrogen-bond acceptors (Lipinski definition) is 8. The van der Waals surface area contributed by atoms with Crippen LogP contribution in [0.25, 0.3) is 16.9 Å². The predicted octanol–water partition coefficient (Wildman–Crippen LogP) is 2.46. The zero-order valence-corrected chi connectivity index (χ0v) is 16.2. The first-order valence-corrected chi connectivity index (χ1v) is 9.66. The van der Waals surface area contributed by atoms with Crippen molar-refractivity contribution in [3.8, 4) is 11.4 Å². The second kappa shape index (κ2) is 7.06. The zero-order valence-electron chi connectivity index (χ0n) is 16.2. The van der Waals surface area contributed by atoms with Gasteiger partial charge in [-0.3, -0.25) is 10.1 Å². The van der Waals surface area contributed by atoms with E-state index in [1.807, 2.05) is 0 Å². The van der Waals surface area contributed by atoms with E-state index in [2.05, 4.69) is 10.00 Å². The molecule has 2 aromatic heterocycles. The molecular weight excluding hydrogens is 390 g/mol. The largest absolute Gasteiger partial charge is 0.465 e. The number of ether oxygens (including phenoxy) is 2. The third-order valence-corrected chi connectivity index (χ3v) is 5.54. The number of nitro groups is 1. The van der Waals surface area contributed by atoms with Crippen molar-refractivity contribution in [3.05, 3.63) is 52.2 Å². The monoisotopic (exact) mass is 409 g/mol. The number of fused-ring (bicyclic) bond motifs is 3. The number of benzene rings is 1. The van der Waals surface area contributed by atoms with Crippen molar-refractivity contribution >= 4 is 23.0 Å². The van der Waals surface area contributed by atoms with Crippen LogP contribution in [0.2, 0.25) is 0 Å². The minimum absolute atomic E-state index is 0.00116. The van der Waals surface area contributed by atoms with Gasteiger partial charge in [-0.25, -0.2) is 14.3 Å². The van der Waals surface area contributed by atoms with Crippen LogP contribution >= 0.6 is 0 Å². The van der Waals surface area contributed by atoms with Gasteiger partial charge in [-0.05, 0) is 31.0 Å². The lowest BCUT2D eigenvalue weighted by Gasteiger charge is -2.33. The number of morpholine rings is 1. The van der Waals surface area contributed by atoms with E-state index < -0.39 is 10.9 Å². The smallest absolute Gasteiger partial charge is 0.339 e. The molecule has 0 amide bonds. The summed E-state index contributed by atoms with van der Waals surface area (Å²) in [5.74, 6) is 0.664. The van der Waals surface area contributed by atoms with Gasteiger partial charge in [0.1, 0.15) is 5.52 Å². The molecule has 1 aromatic carbocycles. The number of carbonyl (C=O) groups excluding carboxylic acids is 1. The molecule has 4 heterocycles. The maximum absolute atomic E-state index is 12.1. The Bertz CT molecular complexity index is 1130. The second-order valence-electron chi connectivity index (χ2n) is 7.48. The fraction of sp³-hybridized carbons (Fsp3) is 0.350. The fourth-order valence-corrected chi connectivity index (χ4v) is 4.09. The van der Waals surface area contributed by atoms with Crippen LogP contribution in [0.1, 0.15) is 23.2 Å². The first kappa shape index (κ1) is 18.5. The fourth-order valence-electron chi connectivity index (χ4n) is 4.09. The Balaban J connectivity index is 1.63. The van der Waals surface area contributed by atoms with Crippen molar-refractivity contribution in [3.63, 3.8) is 0 Å². The molecule has 2 atom stereocenters. The summed E-state index contributed by atoms with van der Waals surface area (Å²) in [6, 6.07) is 7.81. The minimum Gasteiger partial charge on any atom is -0.465 e. The van der Waals surface area contributed by atoms with Crippen LogP contribution in [-0.4, -0.2) is 57.9 Å². The lowest BCUT2D eigenvalue weighted by Crippen LogP contribution is -2.43. The summed E-state index contributed by atoms with van der Waals surface area (Å²) in [5.41, 5.74) is 1.72. The average molecular weight is 409 g/mol. The number of methoxy groups -OCH3 is 1. The van der Waals surface area contributed by atoms with Crippen molar-refractivity contribution in [1.29, 1.82) is 0 Å². The summed E-state index contributed by atoms with van der Waals surface area (Å²) in [7, 11) is 1.33. The van der Waals surface area contributed by atoms with Gasteiger partial charge in [-0.1, -0.05) is 0 Å². The van der Waals surface area contributed by atoms with Gasteiger partial charge >= 0.3 is 5.97 Å². The van der Waals surface area contributed by atoms with Crippen molar-refractivity contribution in [1.82, 2.24) is 14.6 Å². The van der Waals surface area contributed by atoms with E-state index in [1.165, 1.54) is 19.2 Å². The molecular formula is C20H19N5O5. The van der Waals surface area contributed by atoms with E-state index in [0.29, 0.717) is 41.4 Å². The van der Waals surface area contributed by atoms with Gasteiger partial charge in [0, 0.05) is 37.0 Å². The molecule has 154 valence electrons. The molecule has 0 saturated carbocycles. The van der Waals surface area contributed by atoms with Gasteiger partial charge in [0.05, 0.1) is 29.8 Å². The molecule has 5 rings (SSSR count). The van der Waals surface area contributed by atoms with E-state index in [1.54, 1.807) is 28.9 Å². The van der Waals surface area contributed by atoms with Crippen molar-refractivity contribution in [2.45, 2.75) is 25.0 Å². The number of nitro benzene ring substituents is 1. The molecule has 3 aromatic rings. The van der Waals surface area contributed by atoms with Gasteiger partial charge in [-0.15, -0.1) is 5.10 Å². The summed E-state index contributed by atoms with van der Waals surface area (Å²) < 4.78 is 12.4. The first-order chi connectivity index (χ1) is 14.5. The summed E-state index contributed by atoms with van der Waals surface area (Å²) in [6.45, 7) is 1.42. The second-order valence-corrected chi connectivity index (χ2v) is 7.48. The number of hydrogen-bond donors (Lipinski definition) is 0. The molecule has 10 nitrogen and oxygen atoms in total. The van der Waals surface area contributed by atoms with Gasteiger partial charge in [0.15, 0.2) is 11.6 Å². The molecule has 0 spiro atoms. The standard InChI is InChI=1S/C20H19N5O5/c1-29-20(26)13-8-17-19(23-10-15-6-7-16(11-23)30-15)21-18(22-24(17)9-13)12-2-4-14(5-3-12)25(27)28/h2-5,8-9,15-16H,6-7,10-11H2,1H3. The zero-order chi connectivity index (χ0) is 20.8. The molecule has 2 aliphatic rings. The maximum atomic E-state index is 12.1. The number of esters is 1. The van der Waals surface area contributed by atoms with Crippen molar-refractivity contribution < 1.29 is 19.2 Å². The third-order valence-electron chi connectivity index (χ3n) is 5.54. The van der Waals surface area contributed by atoms with Crippen LogP contribution in [0.15, 0.2) is 36.5 Å². The highest BCUT2D eigenvalue weighted by Gasteiger charge is 2.35. The highest BCUT2D eigenvalue weighted by atomic mass is 16.6. The first-order valence-electron chi connectivity index (χ1n) is 9.66. The van der Waals surface area contributed by atoms with Gasteiger partial charge in [-0.2, -0.15) is 0 Å². The minimum atomic E-state index is -0.453. The van der Waals surface area contributed by atoms with Crippen LogP contribution < -0.4 is 4.90 Å². The van der Waals surface area contributed by atoms with Crippen molar-refractivity contribution in [2.75, 3.05) is 25.1 Å². The molecule has 0 radical (unpaired) electrons. The van der Waals surface area contributed by atoms with Crippen molar-refractivity contribution in [2.24, 2.45) is 0 Å². The van der Waals surface area contributed by atoms with Gasteiger partial charge in [0.25, 0.3) is 5.69 Å². The molecule has 30 heavy (non-hydrogen) atoms. The van der Waals surface area contributed by atoms with Crippen LogP contribution in [0.5, 0.6) is 0 Å². The molecule has 2 aliphatic heterocycles. The Hall–Kier alpha value is -3.53. The average Bonchev–Trinajstić information content (AvgIpc) is 3.34. The lowest BCUT2D eigenvalue weighted by atomic mass is 10.2. The molecule has 2 fully saturated rings. The number of rotatable bonds is 4. The van der Waals surface area contributed by atoms with E-state index in [9.17, 15) is 14.9 Å². The summed E-state index contributed by atoms with van der Waals surface area (Å²) in [6.07, 6.45) is 3.97. The molecule has 2 unspecified atom stereocenters. The molecule has 2 saturated heterocycles. The molecule has 0 aliphatic carbocycles. The van der Waals surface area contributed by atoms with Crippen LogP contribution in [0, 0.1) is 10.1 Å². The normalized spacial score (nSPS) is 20.5. The summed E-state index contributed by atoms with van der Waals surface area (Å²) in [4.78, 5) is 29.5. The van der Waals surface area contributed by atoms with Crippen LogP contribution in [0.4, 0.5) is 11.5 Å². The maximum Gasteiger partial charge on any atom is 0.339 e. The van der Waals surface area contributed by atoms with Gasteiger partial charge < -0.3 is 14.4 Å². The number of aromatic nitrogens is 3. The van der Waals surface area contributed by atoms with E-state index in [-0.39, 0.29) is 17.9 Å². The SMILES string of the molecule is COC(=O)c1cc2c(N3CC4CCC(C3)O4)nc(-c3ccc([N+](=O)[O-])cc3)nn2c1. The Morgan fingerprint density at radius 1 is 1.23 bits per heavy atom. The number of anilines is 1. The lowest BCUT2D eigenvalue weighted by molar-refractivity contribution is -0.384. The van der Waals surface area contributed by atoms with Crippen LogP contribution in [0.3, 0.4) is 0 Å². The Morgan fingerprint density at radius 2 is 1.93 bits per heavy atom. The van der Waals surface area contributed by atoms with Crippen LogP contribution in [-0.2, 0) is 9.47 Å². The highest BCUT2D eigenvalue weighted by molar-refractivity contribution is 5.92.